The Bertz CT molecular complexity index is 510. The fourth-order valence-electron chi connectivity index (χ4n) is 3.44. The molecule has 1 heterocycles. The Morgan fingerprint density at radius 1 is 1.27 bits per heavy atom. The molecule has 1 fully saturated rings. The van der Waals surface area contributed by atoms with Gasteiger partial charge in [-0.15, -0.1) is 0 Å². The third kappa shape index (κ3) is 4.47. The predicted molar refractivity (Wildman–Crippen MR) is 92.0 cm³/mol. The molecule has 1 aliphatic heterocycles. The van der Waals surface area contributed by atoms with Crippen LogP contribution in [0.15, 0.2) is 24.3 Å². The van der Waals surface area contributed by atoms with E-state index in [4.69, 9.17) is 11.6 Å². The molecule has 1 amide bonds. The standard InChI is InChI=1S/C18H27ClN2O/c1-12-8-13(2)11-21(10-12)18(22)15(4)20-14(3)16-6-5-7-17(19)9-16/h5-7,9,12-15,20H,8,10-11H2,1-4H3. The number of carbonyl (C=O) groups is 1. The Kier molecular flexibility index (Phi) is 5.87. The SMILES string of the molecule is CC1CC(C)CN(C(=O)C(C)NC(C)c2cccc(Cl)c2)C1. The monoisotopic (exact) mass is 322 g/mol. The van der Waals surface area contributed by atoms with E-state index in [1.54, 1.807) is 0 Å². The van der Waals surface area contributed by atoms with Crippen LogP contribution >= 0.6 is 11.6 Å². The third-order valence-corrected chi connectivity index (χ3v) is 4.63. The van der Waals surface area contributed by atoms with Crippen LogP contribution in [0.3, 0.4) is 0 Å². The van der Waals surface area contributed by atoms with Crippen LogP contribution in [0.4, 0.5) is 0 Å². The molecule has 1 aromatic carbocycles. The van der Waals surface area contributed by atoms with Crippen molar-refractivity contribution >= 4 is 17.5 Å². The van der Waals surface area contributed by atoms with E-state index in [0.717, 1.165) is 23.7 Å². The number of piperidine rings is 1. The number of benzene rings is 1. The van der Waals surface area contributed by atoms with Gasteiger partial charge in [0.25, 0.3) is 0 Å². The molecule has 4 heteroatoms. The van der Waals surface area contributed by atoms with Gasteiger partial charge in [0.05, 0.1) is 6.04 Å². The van der Waals surface area contributed by atoms with E-state index in [9.17, 15) is 4.79 Å². The minimum Gasteiger partial charge on any atom is -0.341 e. The number of nitrogens with one attached hydrogen (secondary N) is 1. The highest BCUT2D eigenvalue weighted by molar-refractivity contribution is 6.30. The molecule has 122 valence electrons. The van der Waals surface area contributed by atoms with Gasteiger partial charge >= 0.3 is 0 Å². The van der Waals surface area contributed by atoms with E-state index in [-0.39, 0.29) is 18.0 Å². The third-order valence-electron chi connectivity index (χ3n) is 4.40. The minimum absolute atomic E-state index is 0.0947. The first-order valence-electron chi connectivity index (χ1n) is 8.17. The van der Waals surface area contributed by atoms with Crippen LogP contribution in [0.2, 0.25) is 5.02 Å². The highest BCUT2D eigenvalue weighted by Crippen LogP contribution is 2.22. The summed E-state index contributed by atoms with van der Waals surface area (Å²) in [4.78, 5) is 14.7. The van der Waals surface area contributed by atoms with Gasteiger partial charge in [-0.05, 0) is 49.8 Å². The lowest BCUT2D eigenvalue weighted by molar-refractivity contribution is -0.135. The van der Waals surface area contributed by atoms with E-state index >= 15 is 0 Å². The molecule has 22 heavy (non-hydrogen) atoms. The summed E-state index contributed by atoms with van der Waals surface area (Å²) in [6.07, 6.45) is 1.21. The van der Waals surface area contributed by atoms with Crippen molar-refractivity contribution < 1.29 is 4.79 Å². The lowest BCUT2D eigenvalue weighted by Gasteiger charge is -2.37. The zero-order valence-electron chi connectivity index (χ0n) is 14.0. The van der Waals surface area contributed by atoms with Gasteiger partial charge in [-0.3, -0.25) is 10.1 Å². The van der Waals surface area contributed by atoms with Crippen LogP contribution in [-0.2, 0) is 4.79 Å². The maximum absolute atomic E-state index is 12.7. The van der Waals surface area contributed by atoms with Crippen molar-refractivity contribution in [2.24, 2.45) is 11.8 Å². The topological polar surface area (TPSA) is 32.3 Å². The quantitative estimate of drug-likeness (QED) is 0.912. The molecule has 1 N–H and O–H groups in total. The smallest absolute Gasteiger partial charge is 0.239 e. The average molecular weight is 323 g/mol. The molecule has 4 atom stereocenters. The molecule has 0 aliphatic carbocycles. The second-order valence-corrected chi connectivity index (χ2v) is 7.29. The number of hydrogen-bond acceptors (Lipinski definition) is 2. The molecule has 1 saturated heterocycles. The molecular formula is C18H27ClN2O. The van der Waals surface area contributed by atoms with E-state index in [0.29, 0.717) is 11.8 Å². The van der Waals surface area contributed by atoms with Gasteiger partial charge in [0.2, 0.25) is 5.91 Å². The van der Waals surface area contributed by atoms with Crippen LogP contribution < -0.4 is 5.32 Å². The maximum atomic E-state index is 12.7. The number of halogens is 1. The van der Waals surface area contributed by atoms with E-state index in [1.807, 2.05) is 36.1 Å². The summed E-state index contributed by atoms with van der Waals surface area (Å²) in [6, 6.07) is 7.69. The molecule has 0 saturated carbocycles. The minimum atomic E-state index is -0.188. The number of hydrogen-bond donors (Lipinski definition) is 1. The van der Waals surface area contributed by atoms with Crippen molar-refractivity contribution in [1.82, 2.24) is 10.2 Å². The summed E-state index contributed by atoms with van der Waals surface area (Å²) >= 11 is 6.04. The van der Waals surface area contributed by atoms with Crippen molar-refractivity contribution in [2.45, 2.75) is 46.2 Å². The zero-order valence-corrected chi connectivity index (χ0v) is 14.7. The van der Waals surface area contributed by atoms with Crippen LogP contribution in [0, 0.1) is 11.8 Å². The van der Waals surface area contributed by atoms with Crippen LogP contribution in [0.25, 0.3) is 0 Å². The molecular weight excluding hydrogens is 296 g/mol. The molecule has 0 aromatic heterocycles. The Morgan fingerprint density at radius 2 is 1.91 bits per heavy atom. The van der Waals surface area contributed by atoms with Gasteiger partial charge in [-0.25, -0.2) is 0 Å². The number of nitrogens with zero attached hydrogens (tertiary/aromatic N) is 1. The second-order valence-electron chi connectivity index (χ2n) is 6.85. The molecule has 4 unspecified atom stereocenters. The van der Waals surface area contributed by atoms with Crippen molar-refractivity contribution in [3.63, 3.8) is 0 Å². The van der Waals surface area contributed by atoms with E-state index in [2.05, 4.69) is 26.1 Å². The summed E-state index contributed by atoms with van der Waals surface area (Å²) < 4.78 is 0. The van der Waals surface area contributed by atoms with Gasteiger partial charge in [-0.1, -0.05) is 37.6 Å². The Balaban J connectivity index is 1.96. The van der Waals surface area contributed by atoms with Gasteiger partial charge < -0.3 is 4.90 Å². The summed E-state index contributed by atoms with van der Waals surface area (Å²) in [6.45, 7) is 10.2. The summed E-state index contributed by atoms with van der Waals surface area (Å²) in [7, 11) is 0. The van der Waals surface area contributed by atoms with Crippen molar-refractivity contribution in [3.8, 4) is 0 Å². The van der Waals surface area contributed by atoms with Crippen molar-refractivity contribution in [1.29, 1.82) is 0 Å². The van der Waals surface area contributed by atoms with Gasteiger partial charge in [0, 0.05) is 24.2 Å². The average Bonchev–Trinajstić information content (AvgIpc) is 2.45. The highest BCUT2D eigenvalue weighted by Gasteiger charge is 2.28. The van der Waals surface area contributed by atoms with Crippen LogP contribution in [0.5, 0.6) is 0 Å². The van der Waals surface area contributed by atoms with Crippen molar-refractivity contribution in [3.05, 3.63) is 34.9 Å². The summed E-state index contributed by atoms with van der Waals surface area (Å²) in [5, 5.41) is 4.13. The normalized spacial score (nSPS) is 24.9. The summed E-state index contributed by atoms with van der Waals surface area (Å²) in [5.74, 6) is 1.38. The molecule has 1 aromatic rings. The van der Waals surface area contributed by atoms with Crippen LogP contribution in [0.1, 0.15) is 45.7 Å². The first-order chi connectivity index (χ1) is 10.4. The molecule has 3 nitrogen and oxygen atoms in total. The number of carbonyl (C=O) groups excluding carboxylic acids is 1. The number of likely N-dealkylation sites (tertiary alicyclic amines) is 1. The summed E-state index contributed by atoms with van der Waals surface area (Å²) in [5.41, 5.74) is 1.10. The molecule has 0 bridgehead atoms. The fraction of sp³-hybridized carbons (Fsp3) is 0.611. The Hall–Kier alpha value is -1.06. The first-order valence-corrected chi connectivity index (χ1v) is 8.55. The lowest BCUT2D eigenvalue weighted by Crippen LogP contribution is -2.50. The molecule has 1 aliphatic rings. The van der Waals surface area contributed by atoms with Crippen molar-refractivity contribution in [2.75, 3.05) is 13.1 Å². The number of rotatable bonds is 4. The van der Waals surface area contributed by atoms with Crippen LogP contribution in [-0.4, -0.2) is 29.9 Å². The van der Waals surface area contributed by atoms with Gasteiger partial charge in [0.15, 0.2) is 0 Å². The maximum Gasteiger partial charge on any atom is 0.239 e. The van der Waals surface area contributed by atoms with E-state index in [1.165, 1.54) is 6.42 Å². The number of amides is 1. The Labute approximate surface area is 139 Å². The second kappa shape index (κ2) is 7.47. The molecule has 2 rings (SSSR count). The van der Waals surface area contributed by atoms with Gasteiger partial charge in [0.1, 0.15) is 0 Å². The largest absolute Gasteiger partial charge is 0.341 e. The molecule has 0 spiro atoms. The molecule has 0 radical (unpaired) electrons. The zero-order chi connectivity index (χ0) is 16.3. The fourth-order valence-corrected chi connectivity index (χ4v) is 3.63. The lowest BCUT2D eigenvalue weighted by atomic mass is 9.91. The first kappa shape index (κ1) is 17.3. The Morgan fingerprint density at radius 3 is 2.50 bits per heavy atom. The predicted octanol–water partition coefficient (Wildman–Crippen LogP) is 3.88. The van der Waals surface area contributed by atoms with E-state index < -0.39 is 0 Å². The highest BCUT2D eigenvalue weighted by atomic mass is 35.5. The van der Waals surface area contributed by atoms with Gasteiger partial charge in [-0.2, -0.15) is 0 Å².